The molecular weight excluding hydrogens is 156 g/mol. The highest BCUT2D eigenvalue weighted by Gasteiger charge is 2.23. The minimum Gasteiger partial charge on any atom is -0.508 e. The van der Waals surface area contributed by atoms with Crippen molar-refractivity contribution in [1.82, 2.24) is 0 Å². The molecule has 1 heterocycles. The summed E-state index contributed by atoms with van der Waals surface area (Å²) in [5, 5.41) is 9.19. The van der Waals surface area contributed by atoms with Crippen LogP contribution in [0.3, 0.4) is 0 Å². The molecule has 0 unspecified atom stereocenters. The van der Waals surface area contributed by atoms with Crippen molar-refractivity contribution in [3.8, 4) is 11.5 Å². The number of aryl methyl sites for hydroxylation is 1. The fourth-order valence-electron chi connectivity index (χ4n) is 1.37. The monoisotopic (exact) mass is 164 g/mol. The van der Waals surface area contributed by atoms with Crippen molar-refractivity contribution in [1.29, 1.82) is 0 Å². The summed E-state index contributed by atoms with van der Waals surface area (Å²) in [4.78, 5) is 11.1. The van der Waals surface area contributed by atoms with Gasteiger partial charge in [0.2, 0.25) is 5.78 Å². The van der Waals surface area contributed by atoms with Crippen LogP contribution in [-0.2, 0) is 0 Å². The molecule has 0 atom stereocenters. The quantitative estimate of drug-likeness (QED) is 0.628. The number of ketones is 1. The van der Waals surface area contributed by atoms with Gasteiger partial charge in [-0.05, 0) is 24.6 Å². The second kappa shape index (κ2) is 2.24. The highest BCUT2D eigenvalue weighted by molar-refractivity contribution is 6.03. The highest BCUT2D eigenvalue weighted by atomic mass is 16.5. The van der Waals surface area contributed by atoms with Crippen LogP contribution in [0.1, 0.15) is 15.9 Å². The molecule has 0 bridgehead atoms. The summed E-state index contributed by atoms with van der Waals surface area (Å²) in [5.41, 5.74) is 1.29. The molecule has 2 rings (SSSR count). The molecule has 12 heavy (non-hydrogen) atoms. The van der Waals surface area contributed by atoms with E-state index in [1.54, 1.807) is 13.0 Å². The molecule has 1 aliphatic rings. The summed E-state index contributed by atoms with van der Waals surface area (Å²) in [6.45, 7) is 1.90. The van der Waals surface area contributed by atoms with Crippen LogP contribution in [0.2, 0.25) is 0 Å². The SMILES string of the molecule is Cc1cc(O)cc2c1OCC2=O. The fraction of sp³-hybridized carbons (Fsp3) is 0.222. The van der Waals surface area contributed by atoms with Gasteiger partial charge in [-0.2, -0.15) is 0 Å². The Balaban J connectivity index is 2.68. The minimum absolute atomic E-state index is 0.0657. The Kier molecular flexibility index (Phi) is 1.33. The Hall–Kier alpha value is -1.51. The number of aromatic hydroxyl groups is 1. The third-order valence-electron chi connectivity index (χ3n) is 1.91. The van der Waals surface area contributed by atoms with E-state index >= 15 is 0 Å². The summed E-state index contributed by atoms with van der Waals surface area (Å²) in [6, 6.07) is 3.02. The van der Waals surface area contributed by atoms with Crippen LogP contribution in [0.5, 0.6) is 11.5 Å². The summed E-state index contributed by atoms with van der Waals surface area (Å²) < 4.78 is 5.14. The minimum atomic E-state index is -0.0657. The molecule has 0 radical (unpaired) electrons. The Morgan fingerprint density at radius 1 is 1.50 bits per heavy atom. The van der Waals surface area contributed by atoms with Gasteiger partial charge in [0.15, 0.2) is 6.61 Å². The largest absolute Gasteiger partial charge is 0.508 e. The van der Waals surface area contributed by atoms with E-state index in [4.69, 9.17) is 4.74 Å². The smallest absolute Gasteiger partial charge is 0.204 e. The number of hydrogen-bond donors (Lipinski definition) is 1. The van der Waals surface area contributed by atoms with Crippen molar-refractivity contribution in [2.75, 3.05) is 6.61 Å². The maximum Gasteiger partial charge on any atom is 0.204 e. The number of phenolic OH excluding ortho intramolecular Hbond substituents is 1. The first kappa shape index (κ1) is 7.16. The molecule has 1 aromatic rings. The van der Waals surface area contributed by atoms with Crippen LogP contribution in [-0.4, -0.2) is 17.5 Å². The molecule has 0 aromatic heterocycles. The van der Waals surface area contributed by atoms with Gasteiger partial charge < -0.3 is 9.84 Å². The van der Waals surface area contributed by atoms with Gasteiger partial charge in [-0.25, -0.2) is 0 Å². The van der Waals surface area contributed by atoms with Gasteiger partial charge in [0.05, 0.1) is 5.56 Å². The van der Waals surface area contributed by atoms with Crippen molar-refractivity contribution in [3.63, 3.8) is 0 Å². The Bertz CT molecular complexity index is 355. The molecule has 0 saturated carbocycles. The van der Waals surface area contributed by atoms with Crippen LogP contribution < -0.4 is 4.74 Å². The summed E-state index contributed by atoms with van der Waals surface area (Å²) in [7, 11) is 0. The zero-order chi connectivity index (χ0) is 8.72. The number of carbonyl (C=O) groups excluding carboxylic acids is 1. The maximum absolute atomic E-state index is 11.1. The number of hydrogen-bond acceptors (Lipinski definition) is 3. The molecule has 0 aliphatic carbocycles. The lowest BCUT2D eigenvalue weighted by atomic mass is 10.1. The van der Waals surface area contributed by atoms with Gasteiger partial charge in [0.25, 0.3) is 0 Å². The van der Waals surface area contributed by atoms with Gasteiger partial charge in [-0.1, -0.05) is 0 Å². The van der Waals surface area contributed by atoms with E-state index in [9.17, 15) is 9.90 Å². The molecule has 0 fully saturated rings. The van der Waals surface area contributed by atoms with Gasteiger partial charge in [0.1, 0.15) is 11.5 Å². The summed E-state index contributed by atoms with van der Waals surface area (Å²) in [6.07, 6.45) is 0. The van der Waals surface area contributed by atoms with E-state index in [1.807, 2.05) is 0 Å². The molecule has 0 saturated heterocycles. The van der Waals surface area contributed by atoms with E-state index in [2.05, 4.69) is 0 Å². The van der Waals surface area contributed by atoms with E-state index in [0.717, 1.165) is 5.56 Å². The molecule has 1 aliphatic heterocycles. The number of carbonyl (C=O) groups is 1. The van der Waals surface area contributed by atoms with Crippen LogP contribution in [0.4, 0.5) is 0 Å². The Morgan fingerprint density at radius 2 is 2.25 bits per heavy atom. The zero-order valence-corrected chi connectivity index (χ0v) is 6.63. The molecule has 1 N–H and O–H groups in total. The first-order chi connectivity index (χ1) is 5.68. The first-order valence-electron chi connectivity index (χ1n) is 3.68. The van der Waals surface area contributed by atoms with Crippen LogP contribution >= 0.6 is 0 Å². The standard InChI is InChI=1S/C9H8O3/c1-5-2-6(10)3-7-8(11)4-12-9(5)7/h2-3,10H,4H2,1H3. The normalized spacial score (nSPS) is 14.2. The molecule has 3 heteroatoms. The van der Waals surface area contributed by atoms with E-state index in [1.165, 1.54) is 6.07 Å². The van der Waals surface area contributed by atoms with Crippen molar-refractivity contribution in [3.05, 3.63) is 23.3 Å². The second-order valence-electron chi connectivity index (χ2n) is 2.85. The number of ether oxygens (including phenoxy) is 1. The van der Waals surface area contributed by atoms with Crippen molar-refractivity contribution in [2.24, 2.45) is 0 Å². The van der Waals surface area contributed by atoms with Gasteiger partial charge in [0, 0.05) is 0 Å². The van der Waals surface area contributed by atoms with Crippen LogP contribution in [0.15, 0.2) is 12.1 Å². The topological polar surface area (TPSA) is 46.5 Å². The summed E-state index contributed by atoms with van der Waals surface area (Å²) in [5.74, 6) is 0.659. The van der Waals surface area contributed by atoms with E-state index in [0.29, 0.717) is 11.3 Å². The fourth-order valence-corrected chi connectivity index (χ4v) is 1.37. The number of phenols is 1. The lowest BCUT2D eigenvalue weighted by molar-refractivity contribution is 0.0961. The second-order valence-corrected chi connectivity index (χ2v) is 2.85. The third-order valence-corrected chi connectivity index (χ3v) is 1.91. The van der Waals surface area contributed by atoms with Crippen molar-refractivity contribution in [2.45, 2.75) is 6.92 Å². The predicted molar refractivity (Wildman–Crippen MR) is 42.7 cm³/mol. The summed E-state index contributed by atoms with van der Waals surface area (Å²) >= 11 is 0. The van der Waals surface area contributed by atoms with Gasteiger partial charge in [-0.15, -0.1) is 0 Å². The lowest BCUT2D eigenvalue weighted by Gasteiger charge is -2.01. The highest BCUT2D eigenvalue weighted by Crippen LogP contribution is 2.32. The first-order valence-corrected chi connectivity index (χ1v) is 3.68. The maximum atomic E-state index is 11.1. The average Bonchev–Trinajstić information content (AvgIpc) is 2.33. The molecular formula is C9H8O3. The Morgan fingerprint density at radius 3 is 3.00 bits per heavy atom. The van der Waals surface area contributed by atoms with Gasteiger partial charge >= 0.3 is 0 Å². The molecule has 0 spiro atoms. The zero-order valence-electron chi connectivity index (χ0n) is 6.63. The number of fused-ring (bicyclic) bond motifs is 1. The lowest BCUT2D eigenvalue weighted by Crippen LogP contribution is -1.98. The third kappa shape index (κ3) is 0.863. The number of Topliss-reactive ketones (excluding diaryl/α,β-unsaturated/α-hetero) is 1. The molecule has 3 nitrogen and oxygen atoms in total. The van der Waals surface area contributed by atoms with Crippen molar-refractivity contribution >= 4 is 5.78 Å². The Labute approximate surface area is 69.6 Å². The average molecular weight is 164 g/mol. The number of benzene rings is 1. The molecule has 62 valence electrons. The molecule has 1 aromatic carbocycles. The predicted octanol–water partition coefficient (Wildman–Crippen LogP) is 1.28. The van der Waals surface area contributed by atoms with Crippen molar-refractivity contribution < 1.29 is 14.6 Å². The van der Waals surface area contributed by atoms with E-state index in [-0.39, 0.29) is 18.1 Å². The van der Waals surface area contributed by atoms with Crippen LogP contribution in [0, 0.1) is 6.92 Å². The molecule has 0 amide bonds. The van der Waals surface area contributed by atoms with E-state index < -0.39 is 0 Å². The number of rotatable bonds is 0. The van der Waals surface area contributed by atoms with Crippen LogP contribution in [0.25, 0.3) is 0 Å². The van der Waals surface area contributed by atoms with Gasteiger partial charge in [-0.3, -0.25) is 4.79 Å².